The zero-order chi connectivity index (χ0) is 11.2. The Hall–Kier alpha value is -0.900. The Balaban J connectivity index is 4.42. The first-order chi connectivity index (χ1) is 6.41. The molecule has 0 unspecified atom stereocenters. The molecule has 0 aromatic heterocycles. The highest BCUT2D eigenvalue weighted by atomic mass is 31.2. The van der Waals surface area contributed by atoms with Gasteiger partial charge in [0.1, 0.15) is 6.61 Å². The highest BCUT2D eigenvalue weighted by Gasteiger charge is 2.21. The lowest BCUT2D eigenvalue weighted by Crippen LogP contribution is -2.04. The molecule has 80 valence electrons. The number of hydrogen-bond acceptors (Lipinski definition) is 3. The molecule has 0 spiro atoms. The first-order valence-electron chi connectivity index (χ1n) is 3.96. The Kier molecular flexibility index (Phi) is 5.38. The Morgan fingerprint density at radius 3 is 2.50 bits per heavy atom. The largest absolute Gasteiger partial charge is 0.457 e. The van der Waals surface area contributed by atoms with Gasteiger partial charge in [0.05, 0.1) is 5.31 Å². The molecule has 6 heteroatoms. The number of ether oxygens (including phenoxy) is 1. The van der Waals surface area contributed by atoms with Gasteiger partial charge in [-0.1, -0.05) is 19.6 Å². The Morgan fingerprint density at radius 2 is 2.14 bits per heavy atom. The van der Waals surface area contributed by atoms with Crippen molar-refractivity contribution in [2.45, 2.75) is 13.3 Å². The molecule has 0 aromatic carbocycles. The van der Waals surface area contributed by atoms with E-state index in [9.17, 15) is 9.36 Å². The van der Waals surface area contributed by atoms with Crippen LogP contribution in [0.3, 0.4) is 0 Å². The lowest BCUT2D eigenvalue weighted by molar-refractivity contribution is -0.136. The summed E-state index contributed by atoms with van der Waals surface area (Å²) in [4.78, 5) is 28.3. The summed E-state index contributed by atoms with van der Waals surface area (Å²) in [6.07, 6.45) is 2.74. The molecule has 2 N–H and O–H groups in total. The number of allylic oxidation sites excluding steroid dienone is 1. The molecule has 0 radical (unpaired) electrons. The molecule has 0 aliphatic carbocycles. The van der Waals surface area contributed by atoms with E-state index in [0.29, 0.717) is 6.42 Å². The van der Waals surface area contributed by atoms with Gasteiger partial charge in [-0.25, -0.2) is 4.79 Å². The SMILES string of the molecule is C=CC(=O)OCC(=CCC)P(=O)(O)O. The van der Waals surface area contributed by atoms with Crippen molar-refractivity contribution in [2.24, 2.45) is 0 Å². The maximum atomic E-state index is 10.8. The van der Waals surface area contributed by atoms with E-state index in [1.54, 1.807) is 6.92 Å². The van der Waals surface area contributed by atoms with Gasteiger partial charge in [-0.3, -0.25) is 4.57 Å². The molecule has 0 rings (SSSR count). The van der Waals surface area contributed by atoms with Crippen molar-refractivity contribution in [3.63, 3.8) is 0 Å². The Morgan fingerprint density at radius 1 is 1.57 bits per heavy atom. The lowest BCUT2D eigenvalue weighted by Gasteiger charge is -2.08. The Bertz CT molecular complexity index is 288. The van der Waals surface area contributed by atoms with Crippen LogP contribution in [0.25, 0.3) is 0 Å². The van der Waals surface area contributed by atoms with Crippen molar-refractivity contribution in [3.05, 3.63) is 24.0 Å². The standard InChI is InChI=1S/C8H13O5P/c1-3-5-7(14(10,11)12)6-13-8(9)4-2/h4-5H,2-3,6H2,1H3,(H2,10,11,12). The van der Waals surface area contributed by atoms with Gasteiger partial charge in [-0.05, 0) is 6.42 Å². The van der Waals surface area contributed by atoms with E-state index < -0.39 is 20.2 Å². The van der Waals surface area contributed by atoms with Crippen LogP contribution in [0.5, 0.6) is 0 Å². The van der Waals surface area contributed by atoms with E-state index in [2.05, 4.69) is 11.3 Å². The fourth-order valence-electron chi connectivity index (χ4n) is 0.702. The van der Waals surface area contributed by atoms with Gasteiger partial charge < -0.3 is 14.5 Å². The molecule has 5 nitrogen and oxygen atoms in total. The van der Waals surface area contributed by atoms with Crippen LogP contribution in [0.2, 0.25) is 0 Å². The number of carbonyl (C=O) groups excluding carboxylic acids is 1. The van der Waals surface area contributed by atoms with Crippen molar-refractivity contribution < 1.29 is 23.9 Å². The van der Waals surface area contributed by atoms with Crippen LogP contribution in [-0.2, 0) is 14.1 Å². The monoisotopic (exact) mass is 220 g/mol. The van der Waals surface area contributed by atoms with Crippen molar-refractivity contribution >= 4 is 13.6 Å². The van der Waals surface area contributed by atoms with E-state index in [1.165, 1.54) is 6.08 Å². The molecule has 14 heavy (non-hydrogen) atoms. The predicted octanol–water partition coefficient (Wildman–Crippen LogP) is 1.19. The van der Waals surface area contributed by atoms with E-state index in [-0.39, 0.29) is 5.31 Å². The van der Waals surface area contributed by atoms with Crippen LogP contribution in [0, 0.1) is 0 Å². The number of carbonyl (C=O) groups is 1. The molecule has 0 amide bonds. The zero-order valence-electron chi connectivity index (χ0n) is 7.84. The van der Waals surface area contributed by atoms with E-state index in [1.807, 2.05) is 0 Å². The average Bonchev–Trinajstić information content (AvgIpc) is 2.09. The van der Waals surface area contributed by atoms with Gasteiger partial charge >= 0.3 is 13.6 Å². The summed E-state index contributed by atoms with van der Waals surface area (Å²) >= 11 is 0. The second-order valence-corrected chi connectivity index (χ2v) is 4.12. The van der Waals surface area contributed by atoms with Crippen LogP contribution in [0.1, 0.15) is 13.3 Å². The molecule has 0 aliphatic rings. The summed E-state index contributed by atoms with van der Waals surface area (Å²) in [6.45, 7) is 4.49. The molecule has 0 saturated carbocycles. The maximum absolute atomic E-state index is 10.8. The number of rotatable bonds is 5. The molecular formula is C8H13O5P. The fourth-order valence-corrected chi connectivity index (χ4v) is 1.35. The minimum absolute atomic E-state index is 0.185. The third-order valence-electron chi connectivity index (χ3n) is 1.34. The van der Waals surface area contributed by atoms with Gasteiger partial charge in [0.2, 0.25) is 0 Å². The zero-order valence-corrected chi connectivity index (χ0v) is 8.74. The normalized spacial score (nSPS) is 12.4. The number of hydrogen-bond donors (Lipinski definition) is 2. The van der Waals surface area contributed by atoms with Crippen LogP contribution in [0.15, 0.2) is 24.0 Å². The molecule has 0 heterocycles. The highest BCUT2D eigenvalue weighted by molar-refractivity contribution is 7.56. The third kappa shape index (κ3) is 4.97. The quantitative estimate of drug-likeness (QED) is 0.413. The maximum Gasteiger partial charge on any atom is 0.355 e. The minimum atomic E-state index is -4.31. The van der Waals surface area contributed by atoms with Crippen LogP contribution in [0.4, 0.5) is 0 Å². The summed E-state index contributed by atoms with van der Waals surface area (Å²) in [5.74, 6) is -0.708. The van der Waals surface area contributed by atoms with Crippen LogP contribution < -0.4 is 0 Å². The van der Waals surface area contributed by atoms with Gasteiger partial charge in [0.15, 0.2) is 0 Å². The molecular weight excluding hydrogens is 207 g/mol. The van der Waals surface area contributed by atoms with E-state index in [0.717, 1.165) is 6.08 Å². The van der Waals surface area contributed by atoms with Crippen molar-refractivity contribution in [1.82, 2.24) is 0 Å². The van der Waals surface area contributed by atoms with Crippen molar-refractivity contribution in [3.8, 4) is 0 Å². The van der Waals surface area contributed by atoms with Crippen molar-refractivity contribution in [2.75, 3.05) is 6.61 Å². The summed E-state index contributed by atoms with van der Waals surface area (Å²) < 4.78 is 15.3. The second-order valence-electron chi connectivity index (χ2n) is 2.46. The molecule has 0 fully saturated rings. The molecule has 0 aliphatic heterocycles. The van der Waals surface area contributed by atoms with Gasteiger partial charge in [-0.2, -0.15) is 0 Å². The topological polar surface area (TPSA) is 83.8 Å². The first-order valence-corrected chi connectivity index (χ1v) is 5.57. The summed E-state index contributed by atoms with van der Waals surface area (Å²) in [6, 6.07) is 0. The smallest absolute Gasteiger partial charge is 0.355 e. The molecule has 0 aromatic rings. The molecule has 0 saturated heterocycles. The highest BCUT2D eigenvalue weighted by Crippen LogP contribution is 2.44. The number of esters is 1. The minimum Gasteiger partial charge on any atom is -0.457 e. The van der Waals surface area contributed by atoms with E-state index in [4.69, 9.17) is 9.79 Å². The predicted molar refractivity (Wildman–Crippen MR) is 51.6 cm³/mol. The fraction of sp³-hybridized carbons (Fsp3) is 0.375. The summed E-state index contributed by atoms with van der Waals surface area (Å²) in [7, 11) is -4.31. The molecule has 0 atom stereocenters. The average molecular weight is 220 g/mol. The summed E-state index contributed by atoms with van der Waals surface area (Å²) in [5.41, 5.74) is 0. The molecule has 0 bridgehead atoms. The van der Waals surface area contributed by atoms with Gasteiger partial charge in [0, 0.05) is 6.08 Å². The van der Waals surface area contributed by atoms with Gasteiger partial charge in [-0.15, -0.1) is 0 Å². The van der Waals surface area contributed by atoms with Crippen LogP contribution >= 0.6 is 7.60 Å². The van der Waals surface area contributed by atoms with Crippen LogP contribution in [-0.4, -0.2) is 22.4 Å². The van der Waals surface area contributed by atoms with Gasteiger partial charge in [0.25, 0.3) is 0 Å². The van der Waals surface area contributed by atoms with Crippen molar-refractivity contribution in [1.29, 1.82) is 0 Å². The Labute approximate surface area is 82.2 Å². The van der Waals surface area contributed by atoms with E-state index >= 15 is 0 Å². The summed E-state index contributed by atoms with van der Waals surface area (Å²) in [5, 5.41) is -0.185. The third-order valence-corrected chi connectivity index (χ3v) is 2.40. The first kappa shape index (κ1) is 13.1. The lowest BCUT2D eigenvalue weighted by atomic mass is 10.4. The second kappa shape index (κ2) is 5.75.